The summed E-state index contributed by atoms with van der Waals surface area (Å²) >= 11 is 6.50. The van der Waals surface area contributed by atoms with Crippen LogP contribution in [-0.2, 0) is 14.3 Å². The van der Waals surface area contributed by atoms with Crippen LogP contribution >= 0.6 is 11.6 Å². The van der Waals surface area contributed by atoms with Crippen LogP contribution in [0.25, 0.3) is 0 Å². The fourth-order valence-electron chi connectivity index (χ4n) is 8.36. The maximum absolute atomic E-state index is 13.3. The fourth-order valence-corrected chi connectivity index (χ4v) is 8.62. The quantitative estimate of drug-likeness (QED) is 0.149. The molecule has 0 aromatic carbocycles. The Morgan fingerprint density at radius 3 is 2.50 bits per heavy atom. The summed E-state index contributed by atoms with van der Waals surface area (Å²) in [5.41, 5.74) is 8.21. The number of ether oxygens (including phenoxy) is 1. The van der Waals surface area contributed by atoms with Gasteiger partial charge in [0, 0.05) is 43.2 Å². The molecule has 11 nitrogen and oxygen atoms in total. The first-order valence-electron chi connectivity index (χ1n) is 17.2. The minimum atomic E-state index is -0.981. The largest absolute Gasteiger partial charge is 0.390 e. The molecule has 0 bridgehead atoms. The summed E-state index contributed by atoms with van der Waals surface area (Å²) in [6.07, 6.45) is 10.5. The summed E-state index contributed by atoms with van der Waals surface area (Å²) in [5, 5.41) is 26.2. The molecule has 44 heavy (non-hydrogen) atoms. The van der Waals surface area contributed by atoms with Gasteiger partial charge in [-0.05, 0) is 96.3 Å². The van der Waals surface area contributed by atoms with E-state index in [0.29, 0.717) is 50.2 Å². The number of alkyl halides is 1. The highest BCUT2D eigenvalue weighted by atomic mass is 35.5. The lowest BCUT2D eigenvalue weighted by atomic mass is 9.72. The number of aliphatic hydroxyl groups is 2. The monoisotopic (exact) mass is 638 g/mol. The number of aliphatic hydroxyl groups excluding tert-OH is 2. The van der Waals surface area contributed by atoms with Gasteiger partial charge < -0.3 is 25.6 Å². The minimum Gasteiger partial charge on any atom is -0.390 e. The van der Waals surface area contributed by atoms with Crippen LogP contribution < -0.4 is 21.5 Å². The fraction of sp³-hybridized carbons (Fsp3) is 0.906. The number of carbonyl (C=O) groups is 2. The van der Waals surface area contributed by atoms with Crippen molar-refractivity contribution in [1.82, 2.24) is 26.4 Å². The molecule has 2 heterocycles. The molecule has 0 radical (unpaired) electrons. The van der Waals surface area contributed by atoms with E-state index in [-0.39, 0.29) is 41.7 Å². The number of amides is 2. The molecule has 250 valence electrons. The number of methoxy groups -OCH3 is 1. The molecular weight excluding hydrogens is 584 g/mol. The Bertz CT molecular complexity index is 996. The first kappa shape index (κ1) is 34.0. The minimum absolute atomic E-state index is 0.0154. The zero-order chi connectivity index (χ0) is 31.2. The topological polar surface area (TPSA) is 148 Å². The second-order valence-corrected chi connectivity index (χ2v) is 14.4. The van der Waals surface area contributed by atoms with Crippen LogP contribution in [0, 0.1) is 17.8 Å². The number of hydrogen-bond donors (Lipinski definition) is 6. The van der Waals surface area contributed by atoms with Crippen molar-refractivity contribution in [2.24, 2.45) is 22.7 Å². The lowest BCUT2D eigenvalue weighted by Gasteiger charge is -2.44. The maximum atomic E-state index is 13.3. The van der Waals surface area contributed by atoms with E-state index in [9.17, 15) is 19.8 Å². The smallest absolute Gasteiger partial charge is 0.225 e. The van der Waals surface area contributed by atoms with Crippen molar-refractivity contribution in [3.63, 3.8) is 0 Å². The summed E-state index contributed by atoms with van der Waals surface area (Å²) in [6, 6.07) is 0.169. The van der Waals surface area contributed by atoms with Gasteiger partial charge >= 0.3 is 0 Å². The second kappa shape index (κ2) is 16.0. The molecule has 0 spiro atoms. The molecule has 1 saturated heterocycles. The Hall–Kier alpha value is -1.34. The predicted molar refractivity (Wildman–Crippen MR) is 170 cm³/mol. The number of rotatable bonds is 11. The summed E-state index contributed by atoms with van der Waals surface area (Å²) in [5.74, 6) is 0.0293. The zero-order valence-corrected chi connectivity index (χ0v) is 27.3. The van der Waals surface area contributed by atoms with E-state index in [1.54, 1.807) is 0 Å². The molecule has 2 aliphatic heterocycles. The van der Waals surface area contributed by atoms with Crippen LogP contribution in [0.5, 0.6) is 0 Å². The zero-order valence-electron chi connectivity index (χ0n) is 26.6. The molecule has 2 amide bonds. The summed E-state index contributed by atoms with van der Waals surface area (Å²) in [7, 11) is 1.82. The van der Waals surface area contributed by atoms with Crippen LogP contribution in [0.4, 0.5) is 0 Å². The van der Waals surface area contributed by atoms with Gasteiger partial charge in [0.1, 0.15) is 0 Å². The van der Waals surface area contributed by atoms with Crippen molar-refractivity contribution >= 4 is 29.1 Å². The first-order chi connectivity index (χ1) is 21.3. The van der Waals surface area contributed by atoms with Crippen molar-refractivity contribution in [2.75, 3.05) is 20.2 Å². The SMILES string of the molecule is COC1CCC2C(C1)C(C1CCC(Cl)CC1)=N[C@@H](CC(=O)NCCCCCNC(=O)C1CCCC(O)C1O)C1NNC(C)N21. The predicted octanol–water partition coefficient (Wildman–Crippen LogP) is 2.19. The average Bonchev–Trinajstić information content (AvgIpc) is 3.34. The summed E-state index contributed by atoms with van der Waals surface area (Å²) in [6.45, 7) is 3.30. The van der Waals surface area contributed by atoms with Crippen molar-refractivity contribution in [1.29, 1.82) is 0 Å². The van der Waals surface area contributed by atoms with Gasteiger partial charge in [-0.2, -0.15) is 0 Å². The van der Waals surface area contributed by atoms with Crippen LogP contribution in [0.3, 0.4) is 0 Å². The number of hydrogen-bond acceptors (Lipinski definition) is 9. The molecule has 0 aromatic rings. The van der Waals surface area contributed by atoms with Crippen molar-refractivity contribution in [3.8, 4) is 0 Å². The van der Waals surface area contributed by atoms with Gasteiger partial charge in [0.2, 0.25) is 11.8 Å². The third kappa shape index (κ3) is 8.14. The molecule has 5 rings (SSSR count). The molecule has 0 aromatic heterocycles. The summed E-state index contributed by atoms with van der Waals surface area (Å²) in [4.78, 5) is 33.7. The number of nitrogens with one attached hydrogen (secondary N) is 4. The van der Waals surface area contributed by atoms with E-state index in [4.69, 9.17) is 21.3 Å². The Morgan fingerprint density at radius 1 is 1.00 bits per heavy atom. The number of unbranched alkanes of at least 4 members (excludes halogenated alkanes) is 2. The number of nitrogens with zero attached hydrogens (tertiary/aromatic N) is 2. The molecule has 5 aliphatic rings. The highest BCUT2D eigenvalue weighted by Gasteiger charge is 2.50. The number of aliphatic imine (C=N–C) groups is 1. The lowest BCUT2D eigenvalue weighted by molar-refractivity contribution is -0.135. The van der Waals surface area contributed by atoms with E-state index in [1.807, 2.05) is 7.11 Å². The first-order valence-corrected chi connectivity index (χ1v) is 17.6. The van der Waals surface area contributed by atoms with Crippen molar-refractivity contribution < 1.29 is 24.5 Å². The van der Waals surface area contributed by atoms with Gasteiger partial charge in [-0.3, -0.25) is 19.5 Å². The number of fused-ring (bicyclic) bond motifs is 3. The lowest BCUT2D eigenvalue weighted by Crippen LogP contribution is -2.55. The highest BCUT2D eigenvalue weighted by Crippen LogP contribution is 2.42. The van der Waals surface area contributed by atoms with E-state index >= 15 is 0 Å². The van der Waals surface area contributed by atoms with Gasteiger partial charge in [0.25, 0.3) is 0 Å². The van der Waals surface area contributed by atoms with Crippen molar-refractivity contribution in [3.05, 3.63) is 0 Å². The number of carbonyl (C=O) groups excluding carboxylic acids is 2. The normalized spacial score (nSPS) is 39.5. The molecule has 3 aliphatic carbocycles. The molecule has 6 N–H and O–H groups in total. The van der Waals surface area contributed by atoms with E-state index < -0.39 is 18.1 Å². The Balaban J connectivity index is 1.14. The van der Waals surface area contributed by atoms with E-state index in [1.165, 1.54) is 5.71 Å². The van der Waals surface area contributed by atoms with Gasteiger partial charge in [-0.15, -0.1) is 11.6 Å². The van der Waals surface area contributed by atoms with Crippen LogP contribution in [0.15, 0.2) is 4.99 Å². The van der Waals surface area contributed by atoms with Gasteiger partial charge in [0.15, 0.2) is 0 Å². The Labute approximate surface area is 267 Å². The van der Waals surface area contributed by atoms with E-state index in [0.717, 1.165) is 70.6 Å². The molecule has 8 unspecified atom stereocenters. The van der Waals surface area contributed by atoms with E-state index in [2.05, 4.69) is 33.3 Å². The molecule has 12 heteroatoms. The number of halogens is 1. The molecule has 9 atom stereocenters. The highest BCUT2D eigenvalue weighted by molar-refractivity contribution is 6.20. The van der Waals surface area contributed by atoms with Crippen LogP contribution in [-0.4, -0.2) is 101 Å². The number of hydrazine groups is 1. The third-order valence-electron chi connectivity index (χ3n) is 10.9. The standard InChI is InChI=1S/C32H55ClN6O5/c1-19-37-38-31-25(18-28(41)34-15-4-3-5-16-35-32(43)23-7-6-8-27(40)30(23)42)36-29(20-9-11-21(33)12-10-20)24-17-22(44-2)13-14-26(24)39(19)31/h19-27,30-31,37-38,40,42H,3-18H2,1-2H3,(H,34,41)(H,35,43)/t19?,20?,21?,22?,23?,24?,25-,26?,27?,30?,31?/m0/s1. The summed E-state index contributed by atoms with van der Waals surface area (Å²) < 4.78 is 5.86. The van der Waals surface area contributed by atoms with Crippen LogP contribution in [0.2, 0.25) is 0 Å². The van der Waals surface area contributed by atoms with Gasteiger partial charge in [-0.25, -0.2) is 10.9 Å². The van der Waals surface area contributed by atoms with Gasteiger partial charge in [-0.1, -0.05) is 0 Å². The van der Waals surface area contributed by atoms with Gasteiger partial charge in [0.05, 0.1) is 49.0 Å². The van der Waals surface area contributed by atoms with Crippen LogP contribution in [0.1, 0.15) is 96.8 Å². The average molecular weight is 639 g/mol. The third-order valence-corrected chi connectivity index (χ3v) is 11.3. The molecular formula is C32H55ClN6O5. The molecule has 4 fully saturated rings. The maximum Gasteiger partial charge on any atom is 0.225 e. The Morgan fingerprint density at radius 2 is 1.75 bits per heavy atom. The Kier molecular flexibility index (Phi) is 12.3. The molecule has 3 saturated carbocycles. The second-order valence-electron chi connectivity index (χ2n) is 13.8. The van der Waals surface area contributed by atoms with Crippen molar-refractivity contribution in [2.45, 2.75) is 145 Å².